The number of hydrogen-bond acceptors (Lipinski definition) is 1. The van der Waals surface area contributed by atoms with Crippen molar-refractivity contribution in [2.24, 2.45) is 0 Å². The van der Waals surface area contributed by atoms with Crippen LogP contribution in [-0.2, 0) is 4.79 Å². The molecular formula is C9H8ClIO. The maximum Gasteiger partial charge on any atom is 0.228 e. The summed E-state index contributed by atoms with van der Waals surface area (Å²) in [7, 11) is 0. The lowest BCUT2D eigenvalue weighted by Crippen LogP contribution is -2.01. The molecule has 0 amide bonds. The van der Waals surface area contributed by atoms with Gasteiger partial charge in [-0.25, -0.2) is 0 Å². The Balaban J connectivity index is 2.95. The van der Waals surface area contributed by atoms with E-state index in [4.69, 9.17) is 11.6 Å². The summed E-state index contributed by atoms with van der Waals surface area (Å²) in [5, 5.41) is -0.308. The smallest absolute Gasteiger partial charge is 0.228 e. The van der Waals surface area contributed by atoms with Crippen molar-refractivity contribution in [3.05, 3.63) is 33.4 Å². The van der Waals surface area contributed by atoms with Crippen molar-refractivity contribution in [3.63, 3.8) is 0 Å². The average Bonchev–Trinajstić information content (AvgIpc) is 2.03. The molecule has 64 valence electrons. The predicted molar refractivity (Wildman–Crippen MR) is 58.4 cm³/mol. The molecule has 0 spiro atoms. The minimum Gasteiger partial charge on any atom is -0.281 e. The average molecular weight is 295 g/mol. The third-order valence-electron chi connectivity index (χ3n) is 1.69. The monoisotopic (exact) mass is 294 g/mol. The number of carbonyl (C=O) groups excluding carboxylic acids is 1. The van der Waals surface area contributed by atoms with Crippen molar-refractivity contribution in [2.75, 3.05) is 0 Å². The molecule has 0 aliphatic heterocycles. The first kappa shape index (κ1) is 9.99. The molecule has 0 bridgehead atoms. The van der Waals surface area contributed by atoms with Gasteiger partial charge in [-0.15, -0.1) is 0 Å². The van der Waals surface area contributed by atoms with Crippen LogP contribution in [0.5, 0.6) is 0 Å². The number of benzene rings is 1. The van der Waals surface area contributed by atoms with E-state index in [0.29, 0.717) is 0 Å². The normalized spacial score (nSPS) is 12.6. The van der Waals surface area contributed by atoms with Gasteiger partial charge in [0.1, 0.15) is 0 Å². The molecule has 0 fully saturated rings. The first-order chi connectivity index (χ1) is 5.61. The van der Waals surface area contributed by atoms with Gasteiger partial charge in [-0.1, -0.05) is 19.1 Å². The van der Waals surface area contributed by atoms with Crippen LogP contribution in [0.2, 0.25) is 0 Å². The molecule has 0 saturated carbocycles. The molecule has 1 atom stereocenters. The quantitative estimate of drug-likeness (QED) is 0.605. The summed E-state index contributed by atoms with van der Waals surface area (Å²) < 4.78 is 1.12. The first-order valence-electron chi connectivity index (χ1n) is 3.56. The summed E-state index contributed by atoms with van der Waals surface area (Å²) in [6.07, 6.45) is 0. The van der Waals surface area contributed by atoms with E-state index in [1.165, 1.54) is 0 Å². The zero-order chi connectivity index (χ0) is 9.14. The summed E-state index contributed by atoms with van der Waals surface area (Å²) in [6, 6.07) is 7.78. The van der Waals surface area contributed by atoms with E-state index < -0.39 is 0 Å². The Morgan fingerprint density at radius 1 is 1.58 bits per heavy atom. The fraction of sp³-hybridized carbons (Fsp3) is 0.222. The van der Waals surface area contributed by atoms with Gasteiger partial charge in [0.15, 0.2) is 0 Å². The van der Waals surface area contributed by atoms with Crippen LogP contribution in [0.15, 0.2) is 24.3 Å². The largest absolute Gasteiger partial charge is 0.281 e. The molecule has 1 unspecified atom stereocenters. The molecule has 1 rings (SSSR count). The molecule has 3 heteroatoms. The highest BCUT2D eigenvalue weighted by Crippen LogP contribution is 2.19. The van der Waals surface area contributed by atoms with Crippen LogP contribution in [0.25, 0.3) is 0 Å². The Labute approximate surface area is 90.3 Å². The Bertz CT molecular complexity index is 298. The highest BCUT2D eigenvalue weighted by atomic mass is 127. The Kier molecular flexibility index (Phi) is 3.53. The summed E-state index contributed by atoms with van der Waals surface area (Å²) in [5.74, 6) is -0.207. The van der Waals surface area contributed by atoms with Crippen LogP contribution < -0.4 is 0 Å². The Hall–Kier alpha value is -0.0900. The molecule has 1 aromatic rings. The van der Waals surface area contributed by atoms with Crippen LogP contribution in [0.3, 0.4) is 0 Å². The maximum atomic E-state index is 10.8. The second-order valence-electron chi connectivity index (χ2n) is 2.58. The van der Waals surface area contributed by atoms with E-state index in [2.05, 4.69) is 22.6 Å². The first-order valence-corrected chi connectivity index (χ1v) is 5.01. The van der Waals surface area contributed by atoms with Crippen molar-refractivity contribution in [1.29, 1.82) is 0 Å². The number of hydrogen-bond donors (Lipinski definition) is 0. The molecule has 0 heterocycles. The summed E-state index contributed by atoms with van der Waals surface area (Å²) in [6.45, 7) is 1.81. The topological polar surface area (TPSA) is 17.1 Å². The summed E-state index contributed by atoms with van der Waals surface area (Å²) in [5.41, 5.74) is 0.974. The van der Waals surface area contributed by atoms with E-state index in [1.807, 2.05) is 24.3 Å². The molecule has 0 radical (unpaired) electrons. The van der Waals surface area contributed by atoms with Crippen molar-refractivity contribution in [3.8, 4) is 0 Å². The van der Waals surface area contributed by atoms with E-state index in [1.54, 1.807) is 6.92 Å². The molecule has 0 saturated heterocycles. The molecule has 0 N–H and O–H groups in total. The van der Waals surface area contributed by atoms with Gasteiger partial charge in [0, 0.05) is 3.57 Å². The highest BCUT2D eigenvalue weighted by Gasteiger charge is 2.11. The molecule has 0 aliphatic rings. The molecule has 1 nitrogen and oxygen atoms in total. The van der Waals surface area contributed by atoms with Gasteiger partial charge in [-0.3, -0.25) is 4.79 Å². The Morgan fingerprint density at radius 3 is 2.75 bits per heavy atom. The molecule has 1 aromatic carbocycles. The van der Waals surface area contributed by atoms with Crippen molar-refractivity contribution < 1.29 is 4.79 Å². The molecule has 12 heavy (non-hydrogen) atoms. The fourth-order valence-corrected chi connectivity index (χ4v) is 1.60. The van der Waals surface area contributed by atoms with Gasteiger partial charge in [-0.05, 0) is 51.9 Å². The van der Waals surface area contributed by atoms with Crippen molar-refractivity contribution in [1.82, 2.24) is 0 Å². The third-order valence-corrected chi connectivity index (χ3v) is 2.69. The minimum absolute atomic E-state index is 0.207. The van der Waals surface area contributed by atoms with Gasteiger partial charge >= 0.3 is 0 Å². The van der Waals surface area contributed by atoms with Crippen LogP contribution in [0.4, 0.5) is 0 Å². The number of carbonyl (C=O) groups is 1. The molecule has 0 aliphatic carbocycles. The lowest BCUT2D eigenvalue weighted by atomic mass is 10.0. The van der Waals surface area contributed by atoms with Gasteiger partial charge in [-0.2, -0.15) is 0 Å². The van der Waals surface area contributed by atoms with Crippen LogP contribution >= 0.6 is 34.2 Å². The summed E-state index contributed by atoms with van der Waals surface area (Å²) >= 11 is 7.58. The SMILES string of the molecule is CC(C(=O)Cl)c1cccc(I)c1. The van der Waals surface area contributed by atoms with E-state index in [0.717, 1.165) is 9.13 Å². The highest BCUT2D eigenvalue weighted by molar-refractivity contribution is 14.1. The van der Waals surface area contributed by atoms with Gasteiger partial charge in [0.2, 0.25) is 5.24 Å². The van der Waals surface area contributed by atoms with Gasteiger partial charge in [0.25, 0.3) is 0 Å². The predicted octanol–water partition coefficient (Wildman–Crippen LogP) is 3.16. The number of halogens is 2. The van der Waals surface area contributed by atoms with E-state index in [-0.39, 0.29) is 11.2 Å². The zero-order valence-electron chi connectivity index (χ0n) is 6.55. The van der Waals surface area contributed by atoms with Crippen LogP contribution in [0, 0.1) is 3.57 Å². The number of rotatable bonds is 2. The lowest BCUT2D eigenvalue weighted by Gasteiger charge is -2.05. The van der Waals surface area contributed by atoms with Crippen LogP contribution in [0.1, 0.15) is 18.4 Å². The maximum absolute atomic E-state index is 10.8. The van der Waals surface area contributed by atoms with Crippen molar-refractivity contribution >= 4 is 39.4 Å². The second-order valence-corrected chi connectivity index (χ2v) is 4.20. The zero-order valence-corrected chi connectivity index (χ0v) is 9.46. The fourth-order valence-electron chi connectivity index (χ4n) is 0.907. The Morgan fingerprint density at radius 2 is 2.25 bits per heavy atom. The van der Waals surface area contributed by atoms with Gasteiger partial charge in [0.05, 0.1) is 5.92 Å². The summed E-state index contributed by atoms with van der Waals surface area (Å²) in [4.78, 5) is 10.8. The molecular weight excluding hydrogens is 286 g/mol. The molecule has 0 aromatic heterocycles. The van der Waals surface area contributed by atoms with Crippen LogP contribution in [-0.4, -0.2) is 5.24 Å². The standard InChI is InChI=1S/C9H8ClIO/c1-6(9(10)12)7-3-2-4-8(11)5-7/h2-6H,1H3. The van der Waals surface area contributed by atoms with E-state index in [9.17, 15) is 4.79 Å². The van der Waals surface area contributed by atoms with Gasteiger partial charge < -0.3 is 0 Å². The minimum atomic E-state index is -0.308. The van der Waals surface area contributed by atoms with Crippen molar-refractivity contribution in [2.45, 2.75) is 12.8 Å². The second kappa shape index (κ2) is 4.23. The van der Waals surface area contributed by atoms with E-state index >= 15 is 0 Å². The lowest BCUT2D eigenvalue weighted by molar-refractivity contribution is -0.112. The third kappa shape index (κ3) is 2.45.